The van der Waals surface area contributed by atoms with E-state index in [4.69, 9.17) is 4.74 Å². The number of aryl methyl sites for hydroxylation is 2. The number of hydrogen-bond acceptors (Lipinski definition) is 4. The molecule has 0 aliphatic carbocycles. The first-order chi connectivity index (χ1) is 12.1. The van der Waals surface area contributed by atoms with Crippen LogP contribution in [0.3, 0.4) is 0 Å². The average molecular weight is 336 g/mol. The third-order valence-corrected chi connectivity index (χ3v) is 4.57. The Kier molecular flexibility index (Phi) is 3.87. The Morgan fingerprint density at radius 3 is 2.96 bits per heavy atom. The zero-order valence-corrected chi connectivity index (χ0v) is 14.4. The first-order valence-corrected chi connectivity index (χ1v) is 8.41. The van der Waals surface area contributed by atoms with E-state index in [9.17, 15) is 4.79 Å². The second-order valence-electron chi connectivity index (χ2n) is 6.41. The lowest BCUT2D eigenvalue weighted by Gasteiger charge is -2.28. The van der Waals surface area contributed by atoms with Crippen molar-refractivity contribution in [2.45, 2.75) is 26.8 Å². The van der Waals surface area contributed by atoms with Crippen molar-refractivity contribution in [2.75, 3.05) is 13.2 Å². The summed E-state index contributed by atoms with van der Waals surface area (Å²) in [4.78, 5) is 18.8. The molecule has 3 heterocycles. The van der Waals surface area contributed by atoms with E-state index in [0.29, 0.717) is 13.1 Å². The van der Waals surface area contributed by atoms with Crippen LogP contribution in [0.1, 0.15) is 22.5 Å². The molecule has 0 fully saturated rings. The van der Waals surface area contributed by atoms with Crippen LogP contribution in [0.25, 0.3) is 5.65 Å². The smallest absolute Gasteiger partial charge is 0.260 e. The van der Waals surface area contributed by atoms with Crippen LogP contribution in [0.15, 0.2) is 36.5 Å². The van der Waals surface area contributed by atoms with E-state index in [-0.39, 0.29) is 12.5 Å². The van der Waals surface area contributed by atoms with Crippen LogP contribution in [0, 0.1) is 13.8 Å². The number of carbonyl (C=O) groups excluding carboxylic acids is 1. The molecule has 6 nitrogen and oxygen atoms in total. The molecule has 0 radical (unpaired) electrons. The van der Waals surface area contributed by atoms with E-state index in [1.54, 1.807) is 0 Å². The SMILES string of the molecule is Cc1cc2ncc3c(n2n1)CCN(C(=O)COc1ccccc1C)C3. The van der Waals surface area contributed by atoms with Crippen molar-refractivity contribution in [1.29, 1.82) is 0 Å². The first kappa shape index (κ1) is 15.6. The van der Waals surface area contributed by atoms with E-state index >= 15 is 0 Å². The van der Waals surface area contributed by atoms with E-state index in [1.807, 2.05) is 59.8 Å². The van der Waals surface area contributed by atoms with Crippen molar-refractivity contribution < 1.29 is 9.53 Å². The lowest BCUT2D eigenvalue weighted by Crippen LogP contribution is -2.39. The van der Waals surface area contributed by atoms with Gasteiger partial charge in [-0.3, -0.25) is 4.79 Å². The minimum atomic E-state index is -0.00866. The maximum Gasteiger partial charge on any atom is 0.260 e. The van der Waals surface area contributed by atoms with E-state index in [2.05, 4.69) is 10.1 Å². The number of benzene rings is 1. The molecule has 128 valence electrons. The maximum atomic E-state index is 12.5. The third-order valence-electron chi connectivity index (χ3n) is 4.57. The fourth-order valence-corrected chi connectivity index (χ4v) is 3.22. The lowest BCUT2D eigenvalue weighted by molar-refractivity contribution is -0.134. The molecule has 3 aromatic rings. The van der Waals surface area contributed by atoms with Crippen LogP contribution in [-0.2, 0) is 17.8 Å². The Balaban J connectivity index is 1.47. The van der Waals surface area contributed by atoms with Gasteiger partial charge in [-0.25, -0.2) is 9.50 Å². The quantitative estimate of drug-likeness (QED) is 0.736. The normalized spacial score (nSPS) is 13.8. The van der Waals surface area contributed by atoms with Gasteiger partial charge in [0.2, 0.25) is 0 Å². The fraction of sp³-hybridized carbons (Fsp3) is 0.316. The van der Waals surface area contributed by atoms with Crippen molar-refractivity contribution >= 4 is 11.6 Å². The molecule has 4 rings (SSSR count). The molecule has 0 unspecified atom stereocenters. The van der Waals surface area contributed by atoms with E-state index < -0.39 is 0 Å². The summed E-state index contributed by atoms with van der Waals surface area (Å²) in [6.45, 7) is 5.20. The number of aromatic nitrogens is 3. The van der Waals surface area contributed by atoms with Crippen LogP contribution in [0.5, 0.6) is 5.75 Å². The average Bonchev–Trinajstić information content (AvgIpc) is 3.01. The summed E-state index contributed by atoms with van der Waals surface area (Å²) in [7, 11) is 0. The summed E-state index contributed by atoms with van der Waals surface area (Å²) in [6.07, 6.45) is 2.62. The Hall–Kier alpha value is -2.89. The Morgan fingerprint density at radius 1 is 1.28 bits per heavy atom. The van der Waals surface area contributed by atoms with Gasteiger partial charge in [-0.15, -0.1) is 0 Å². The van der Waals surface area contributed by atoms with Crippen LogP contribution in [0.4, 0.5) is 0 Å². The van der Waals surface area contributed by atoms with Crippen molar-refractivity contribution in [2.24, 2.45) is 0 Å². The largest absolute Gasteiger partial charge is 0.484 e. The molecule has 2 aromatic heterocycles. The predicted octanol–water partition coefficient (Wildman–Crippen LogP) is 2.31. The van der Waals surface area contributed by atoms with Gasteiger partial charge in [0.15, 0.2) is 12.3 Å². The van der Waals surface area contributed by atoms with Gasteiger partial charge in [-0.05, 0) is 25.5 Å². The van der Waals surface area contributed by atoms with Gasteiger partial charge in [0.25, 0.3) is 5.91 Å². The van der Waals surface area contributed by atoms with Crippen molar-refractivity contribution in [3.8, 4) is 5.75 Å². The highest BCUT2D eigenvalue weighted by atomic mass is 16.5. The molecule has 0 atom stereocenters. The summed E-state index contributed by atoms with van der Waals surface area (Å²) < 4.78 is 7.59. The van der Waals surface area contributed by atoms with Gasteiger partial charge >= 0.3 is 0 Å². The molecule has 25 heavy (non-hydrogen) atoms. The molecule has 1 amide bonds. The van der Waals surface area contributed by atoms with Gasteiger partial charge in [0.1, 0.15) is 5.75 Å². The van der Waals surface area contributed by atoms with Gasteiger partial charge in [-0.2, -0.15) is 5.10 Å². The van der Waals surface area contributed by atoms with Gasteiger partial charge in [0, 0.05) is 37.3 Å². The zero-order valence-electron chi connectivity index (χ0n) is 14.4. The topological polar surface area (TPSA) is 59.7 Å². The van der Waals surface area contributed by atoms with Crippen molar-refractivity contribution in [1.82, 2.24) is 19.5 Å². The zero-order chi connectivity index (χ0) is 17.4. The van der Waals surface area contributed by atoms with Crippen LogP contribution >= 0.6 is 0 Å². The minimum absolute atomic E-state index is 0.00866. The Bertz CT molecular complexity index is 948. The fourth-order valence-electron chi connectivity index (χ4n) is 3.22. The standard InChI is InChI=1S/C19H20N4O2/c1-13-5-3-4-6-17(13)25-12-19(24)22-8-7-16-15(11-22)10-20-18-9-14(2)21-23(16)18/h3-6,9-10H,7-8,11-12H2,1-2H3. The number of nitrogens with zero attached hydrogens (tertiary/aromatic N) is 4. The number of ether oxygens (including phenoxy) is 1. The second kappa shape index (κ2) is 6.20. The minimum Gasteiger partial charge on any atom is -0.484 e. The molecular formula is C19H20N4O2. The molecule has 1 aliphatic rings. The molecule has 6 heteroatoms. The second-order valence-corrected chi connectivity index (χ2v) is 6.41. The predicted molar refractivity (Wildman–Crippen MR) is 93.5 cm³/mol. The van der Waals surface area contributed by atoms with E-state index in [0.717, 1.165) is 40.3 Å². The van der Waals surface area contributed by atoms with E-state index in [1.165, 1.54) is 0 Å². The van der Waals surface area contributed by atoms with Crippen LogP contribution < -0.4 is 4.74 Å². The summed E-state index contributed by atoms with van der Waals surface area (Å²) in [5.41, 5.74) is 5.03. The number of amides is 1. The molecule has 0 N–H and O–H groups in total. The summed E-state index contributed by atoms with van der Waals surface area (Å²) in [6, 6.07) is 9.69. The number of carbonyl (C=O) groups is 1. The monoisotopic (exact) mass is 336 g/mol. The first-order valence-electron chi connectivity index (χ1n) is 8.41. The van der Waals surface area contributed by atoms with Gasteiger partial charge < -0.3 is 9.64 Å². The molecule has 0 saturated carbocycles. The summed E-state index contributed by atoms with van der Waals surface area (Å²) >= 11 is 0. The Morgan fingerprint density at radius 2 is 2.12 bits per heavy atom. The molecule has 0 spiro atoms. The molecule has 0 saturated heterocycles. The van der Waals surface area contributed by atoms with Crippen molar-refractivity contribution in [3.63, 3.8) is 0 Å². The van der Waals surface area contributed by atoms with Gasteiger partial charge in [-0.1, -0.05) is 18.2 Å². The maximum absolute atomic E-state index is 12.5. The molecular weight excluding hydrogens is 316 g/mol. The molecule has 1 aromatic carbocycles. The highest BCUT2D eigenvalue weighted by molar-refractivity contribution is 5.78. The summed E-state index contributed by atoms with van der Waals surface area (Å²) in [5.74, 6) is 0.745. The molecule has 1 aliphatic heterocycles. The number of fused-ring (bicyclic) bond motifs is 3. The number of hydrogen-bond donors (Lipinski definition) is 0. The number of para-hydroxylation sites is 1. The van der Waals surface area contributed by atoms with Crippen molar-refractivity contribution in [3.05, 3.63) is 59.0 Å². The Labute approximate surface area is 146 Å². The van der Waals surface area contributed by atoms with Crippen LogP contribution in [-0.4, -0.2) is 38.6 Å². The summed E-state index contributed by atoms with van der Waals surface area (Å²) in [5, 5.41) is 4.51. The molecule has 0 bridgehead atoms. The third kappa shape index (κ3) is 2.95. The van der Waals surface area contributed by atoms with Gasteiger partial charge in [0.05, 0.1) is 11.4 Å². The number of rotatable bonds is 3. The highest BCUT2D eigenvalue weighted by Crippen LogP contribution is 2.21. The van der Waals surface area contributed by atoms with Crippen LogP contribution in [0.2, 0.25) is 0 Å². The lowest BCUT2D eigenvalue weighted by atomic mass is 10.1. The highest BCUT2D eigenvalue weighted by Gasteiger charge is 2.23.